The van der Waals surface area contributed by atoms with Crippen LogP contribution >= 0.6 is 15.9 Å². The van der Waals surface area contributed by atoms with E-state index in [2.05, 4.69) is 15.9 Å². The molecule has 0 unspecified atom stereocenters. The Morgan fingerprint density at radius 2 is 1.88 bits per heavy atom. The predicted molar refractivity (Wildman–Crippen MR) is 66.4 cm³/mol. The first kappa shape index (κ1) is 13.6. The molecule has 0 aliphatic heterocycles. The normalized spacial score (nSPS) is 11.6. The van der Waals surface area contributed by atoms with E-state index >= 15 is 0 Å². The summed E-state index contributed by atoms with van der Waals surface area (Å²) >= 11 is 3.34. The van der Waals surface area contributed by atoms with Crippen molar-refractivity contribution in [2.75, 3.05) is 12.4 Å². The number of hydrogen-bond donors (Lipinski definition) is 1. The Bertz CT molecular complexity index is 416. The first-order chi connectivity index (χ1) is 7.47. The van der Waals surface area contributed by atoms with Crippen molar-refractivity contribution in [3.8, 4) is 0 Å². The number of hydrogen-bond acceptors (Lipinski definition) is 3. The van der Waals surface area contributed by atoms with Crippen LogP contribution in [0.25, 0.3) is 0 Å². The summed E-state index contributed by atoms with van der Waals surface area (Å²) in [6, 6.07) is 7.76. The highest BCUT2D eigenvalue weighted by Gasteiger charge is 2.01. The van der Waals surface area contributed by atoms with Crippen molar-refractivity contribution in [3.63, 3.8) is 0 Å². The number of halogens is 1. The molecular formula is C10H14BrNO3S. The largest absolute Gasteiger partial charge is 0.377 e. The zero-order valence-electron chi connectivity index (χ0n) is 8.73. The lowest BCUT2D eigenvalue weighted by atomic mass is 10.2. The van der Waals surface area contributed by atoms with Gasteiger partial charge < -0.3 is 4.74 Å². The van der Waals surface area contributed by atoms with Crippen molar-refractivity contribution in [1.29, 1.82) is 0 Å². The van der Waals surface area contributed by atoms with Gasteiger partial charge >= 0.3 is 0 Å². The lowest BCUT2D eigenvalue weighted by Crippen LogP contribution is -2.17. The minimum Gasteiger partial charge on any atom is -0.377 e. The maximum Gasteiger partial charge on any atom is 0.209 e. The van der Waals surface area contributed by atoms with Gasteiger partial charge in [0, 0.05) is 11.1 Å². The lowest BCUT2D eigenvalue weighted by molar-refractivity contribution is 0.122. The van der Waals surface area contributed by atoms with Gasteiger partial charge in [-0.25, -0.2) is 13.6 Å². The molecule has 1 aromatic rings. The SMILES string of the molecule is NS(=O)(=O)CCCOCc1ccc(Br)cc1. The smallest absolute Gasteiger partial charge is 0.209 e. The third-order valence-electron chi connectivity index (χ3n) is 1.90. The summed E-state index contributed by atoms with van der Waals surface area (Å²) in [5.41, 5.74) is 1.05. The second-order valence-electron chi connectivity index (χ2n) is 3.40. The average molecular weight is 308 g/mol. The van der Waals surface area contributed by atoms with E-state index in [9.17, 15) is 8.42 Å². The van der Waals surface area contributed by atoms with Crippen LogP contribution in [-0.2, 0) is 21.4 Å². The molecule has 6 heteroatoms. The summed E-state index contributed by atoms with van der Waals surface area (Å²) in [6.07, 6.45) is 0.426. The third kappa shape index (κ3) is 6.22. The summed E-state index contributed by atoms with van der Waals surface area (Å²) in [7, 11) is -3.36. The van der Waals surface area contributed by atoms with Crippen LogP contribution < -0.4 is 5.14 Å². The zero-order valence-corrected chi connectivity index (χ0v) is 11.1. The molecule has 0 aliphatic carbocycles. The summed E-state index contributed by atoms with van der Waals surface area (Å²) in [5.74, 6) is -0.0344. The number of benzene rings is 1. The molecule has 0 amide bonds. The van der Waals surface area contributed by atoms with Crippen molar-refractivity contribution >= 4 is 26.0 Å². The van der Waals surface area contributed by atoms with Crippen molar-refractivity contribution in [2.24, 2.45) is 5.14 Å². The fourth-order valence-corrected chi connectivity index (χ4v) is 1.92. The number of ether oxygens (including phenoxy) is 1. The van der Waals surface area contributed by atoms with Crippen LogP contribution in [-0.4, -0.2) is 20.8 Å². The highest BCUT2D eigenvalue weighted by molar-refractivity contribution is 9.10. The van der Waals surface area contributed by atoms with Crippen LogP contribution in [0.4, 0.5) is 0 Å². The highest BCUT2D eigenvalue weighted by atomic mass is 79.9. The van der Waals surface area contributed by atoms with Crippen LogP contribution in [0.3, 0.4) is 0 Å². The third-order valence-corrected chi connectivity index (χ3v) is 3.29. The van der Waals surface area contributed by atoms with Gasteiger partial charge in [0.1, 0.15) is 0 Å². The van der Waals surface area contributed by atoms with Crippen LogP contribution in [0.2, 0.25) is 0 Å². The predicted octanol–water partition coefficient (Wildman–Crippen LogP) is 1.64. The summed E-state index contributed by atoms with van der Waals surface area (Å²) in [6.45, 7) is 0.879. The Morgan fingerprint density at radius 1 is 1.25 bits per heavy atom. The Morgan fingerprint density at radius 3 is 2.44 bits per heavy atom. The minimum absolute atomic E-state index is 0.0344. The molecule has 0 radical (unpaired) electrons. The van der Waals surface area contributed by atoms with Crippen LogP contribution in [0.15, 0.2) is 28.7 Å². The molecule has 16 heavy (non-hydrogen) atoms. The molecule has 0 spiro atoms. The molecule has 1 aromatic carbocycles. The van der Waals surface area contributed by atoms with Crippen molar-refractivity contribution in [2.45, 2.75) is 13.0 Å². The molecule has 0 bridgehead atoms. The van der Waals surface area contributed by atoms with E-state index in [0.717, 1.165) is 10.0 Å². The first-order valence-corrected chi connectivity index (χ1v) is 7.31. The Balaban J connectivity index is 2.19. The molecule has 0 heterocycles. The quantitative estimate of drug-likeness (QED) is 0.812. The van der Waals surface area contributed by atoms with Gasteiger partial charge in [0.2, 0.25) is 10.0 Å². The van der Waals surface area contributed by atoms with E-state index in [1.165, 1.54) is 0 Å². The number of primary sulfonamides is 1. The van der Waals surface area contributed by atoms with E-state index in [-0.39, 0.29) is 5.75 Å². The maximum atomic E-state index is 10.6. The van der Waals surface area contributed by atoms with Gasteiger partial charge in [-0.05, 0) is 24.1 Å². The van der Waals surface area contributed by atoms with Crippen molar-refractivity contribution < 1.29 is 13.2 Å². The second-order valence-corrected chi connectivity index (χ2v) is 6.05. The molecule has 0 atom stereocenters. The van der Waals surface area contributed by atoms with Gasteiger partial charge in [0.25, 0.3) is 0 Å². The molecule has 0 aromatic heterocycles. The van der Waals surface area contributed by atoms with Gasteiger partial charge in [-0.1, -0.05) is 28.1 Å². The molecule has 2 N–H and O–H groups in total. The van der Waals surface area contributed by atoms with Gasteiger partial charge in [0.15, 0.2) is 0 Å². The van der Waals surface area contributed by atoms with Crippen molar-refractivity contribution in [1.82, 2.24) is 0 Å². The van der Waals surface area contributed by atoms with E-state index in [0.29, 0.717) is 19.6 Å². The fourth-order valence-electron chi connectivity index (χ4n) is 1.13. The van der Waals surface area contributed by atoms with E-state index in [4.69, 9.17) is 9.88 Å². The van der Waals surface area contributed by atoms with Gasteiger partial charge in [-0.15, -0.1) is 0 Å². The standard InChI is InChI=1S/C10H14BrNO3S/c11-10-4-2-9(3-5-10)8-15-6-1-7-16(12,13)14/h2-5H,1,6-8H2,(H2,12,13,14). The lowest BCUT2D eigenvalue weighted by Gasteiger charge is -2.03. The number of nitrogens with two attached hydrogens (primary N) is 1. The molecule has 0 saturated carbocycles. The highest BCUT2D eigenvalue weighted by Crippen LogP contribution is 2.11. The molecule has 0 fully saturated rings. The first-order valence-electron chi connectivity index (χ1n) is 4.80. The summed E-state index contributed by atoms with van der Waals surface area (Å²) < 4.78 is 27.6. The van der Waals surface area contributed by atoms with E-state index in [1.54, 1.807) is 0 Å². The van der Waals surface area contributed by atoms with Crippen LogP contribution in [0.5, 0.6) is 0 Å². The van der Waals surface area contributed by atoms with Crippen molar-refractivity contribution in [3.05, 3.63) is 34.3 Å². The van der Waals surface area contributed by atoms with E-state index < -0.39 is 10.0 Å². The summed E-state index contributed by atoms with van der Waals surface area (Å²) in [4.78, 5) is 0. The maximum absolute atomic E-state index is 10.6. The van der Waals surface area contributed by atoms with E-state index in [1.807, 2.05) is 24.3 Å². The van der Waals surface area contributed by atoms with Gasteiger partial charge in [0.05, 0.1) is 12.4 Å². The summed E-state index contributed by atoms with van der Waals surface area (Å²) in [5, 5.41) is 4.86. The Kier molecular flexibility index (Phi) is 5.40. The van der Waals surface area contributed by atoms with Crippen LogP contribution in [0.1, 0.15) is 12.0 Å². The number of rotatable bonds is 6. The average Bonchev–Trinajstić information content (AvgIpc) is 2.19. The molecule has 90 valence electrons. The Labute approximate surface area is 104 Å². The number of sulfonamides is 1. The second kappa shape index (κ2) is 6.34. The fraction of sp³-hybridized carbons (Fsp3) is 0.400. The van der Waals surface area contributed by atoms with Gasteiger partial charge in [-0.3, -0.25) is 0 Å². The molecule has 1 rings (SSSR count). The monoisotopic (exact) mass is 307 g/mol. The molecular weight excluding hydrogens is 294 g/mol. The zero-order chi connectivity index (χ0) is 12.0. The molecule has 0 saturated heterocycles. The van der Waals surface area contributed by atoms with Crippen LogP contribution in [0, 0.1) is 0 Å². The molecule has 4 nitrogen and oxygen atoms in total. The minimum atomic E-state index is -3.36. The molecule has 0 aliphatic rings. The van der Waals surface area contributed by atoms with Gasteiger partial charge in [-0.2, -0.15) is 0 Å². The Hall–Kier alpha value is -0.430. The topological polar surface area (TPSA) is 69.4 Å².